The zero-order valence-electron chi connectivity index (χ0n) is 13.4. The van der Waals surface area contributed by atoms with E-state index in [4.69, 9.17) is 5.73 Å². The third-order valence-electron chi connectivity index (χ3n) is 3.61. The maximum absolute atomic E-state index is 11.2. The summed E-state index contributed by atoms with van der Waals surface area (Å²) in [6.45, 7) is 1.50. The highest BCUT2D eigenvalue weighted by atomic mass is 16.1. The lowest BCUT2D eigenvalue weighted by Gasteiger charge is -2.25. The lowest BCUT2D eigenvalue weighted by Crippen LogP contribution is -2.10. The highest BCUT2D eigenvalue weighted by molar-refractivity contribution is 5.89. The van der Waals surface area contributed by atoms with Gasteiger partial charge in [-0.05, 0) is 60.7 Å². The van der Waals surface area contributed by atoms with Gasteiger partial charge >= 0.3 is 0 Å². The van der Waals surface area contributed by atoms with Crippen LogP contribution in [0.3, 0.4) is 0 Å². The number of nitrogens with zero attached hydrogens (tertiary/aromatic N) is 1. The Balaban J connectivity index is 2.01. The molecule has 3 aromatic carbocycles. The van der Waals surface area contributed by atoms with Crippen molar-refractivity contribution >= 4 is 34.3 Å². The molecule has 0 fully saturated rings. The summed E-state index contributed by atoms with van der Waals surface area (Å²) < 4.78 is 0. The fourth-order valence-electron chi connectivity index (χ4n) is 2.54. The first-order valence-corrected chi connectivity index (χ1v) is 7.72. The van der Waals surface area contributed by atoms with Crippen LogP contribution < -0.4 is 16.0 Å². The highest BCUT2D eigenvalue weighted by Gasteiger charge is 2.11. The van der Waals surface area contributed by atoms with E-state index in [2.05, 4.69) is 22.3 Å². The number of nitrogens with one attached hydrogen (secondary N) is 1. The smallest absolute Gasteiger partial charge is 0.221 e. The maximum Gasteiger partial charge on any atom is 0.221 e. The molecule has 0 atom stereocenters. The maximum atomic E-state index is 11.2. The Morgan fingerprint density at radius 3 is 1.83 bits per heavy atom. The summed E-state index contributed by atoms with van der Waals surface area (Å²) in [5, 5.41) is 2.78. The van der Waals surface area contributed by atoms with Gasteiger partial charge in [-0.3, -0.25) is 4.79 Å². The molecule has 0 aromatic heterocycles. The SMILES string of the molecule is CC(=O)Nc1ccc(N(c2ccccc2)c2ccc(N)cc2)cc1. The predicted octanol–water partition coefficient (Wildman–Crippen LogP) is 4.70. The number of para-hydroxylation sites is 1. The normalized spacial score (nSPS) is 10.2. The van der Waals surface area contributed by atoms with Crippen LogP contribution in [-0.4, -0.2) is 5.91 Å². The van der Waals surface area contributed by atoms with E-state index < -0.39 is 0 Å². The van der Waals surface area contributed by atoms with Crippen molar-refractivity contribution in [1.29, 1.82) is 0 Å². The van der Waals surface area contributed by atoms with E-state index in [1.807, 2.05) is 66.7 Å². The number of carbonyl (C=O) groups excluding carboxylic acids is 1. The van der Waals surface area contributed by atoms with Crippen LogP contribution in [0.15, 0.2) is 78.9 Å². The van der Waals surface area contributed by atoms with Crippen LogP contribution in [-0.2, 0) is 4.79 Å². The van der Waals surface area contributed by atoms with Gasteiger partial charge in [-0.25, -0.2) is 0 Å². The molecule has 0 unspecified atom stereocenters. The van der Waals surface area contributed by atoms with Crippen LogP contribution in [0.25, 0.3) is 0 Å². The van der Waals surface area contributed by atoms with Gasteiger partial charge in [0, 0.05) is 35.4 Å². The topological polar surface area (TPSA) is 58.4 Å². The predicted molar refractivity (Wildman–Crippen MR) is 99.8 cm³/mol. The van der Waals surface area contributed by atoms with Crippen molar-refractivity contribution in [2.75, 3.05) is 16.0 Å². The average Bonchev–Trinajstić information content (AvgIpc) is 2.59. The number of carbonyl (C=O) groups is 1. The Hall–Kier alpha value is -3.27. The lowest BCUT2D eigenvalue weighted by atomic mass is 10.1. The minimum absolute atomic E-state index is 0.0822. The van der Waals surface area contributed by atoms with E-state index in [9.17, 15) is 4.79 Å². The number of anilines is 5. The van der Waals surface area contributed by atoms with Crippen LogP contribution >= 0.6 is 0 Å². The van der Waals surface area contributed by atoms with Crippen LogP contribution in [0.1, 0.15) is 6.92 Å². The third-order valence-corrected chi connectivity index (χ3v) is 3.61. The molecule has 120 valence electrons. The van der Waals surface area contributed by atoms with Gasteiger partial charge in [-0.15, -0.1) is 0 Å². The molecule has 0 heterocycles. The van der Waals surface area contributed by atoms with E-state index in [0.717, 1.165) is 28.4 Å². The second-order valence-corrected chi connectivity index (χ2v) is 5.49. The fraction of sp³-hybridized carbons (Fsp3) is 0.0500. The van der Waals surface area contributed by atoms with E-state index in [1.54, 1.807) is 0 Å². The zero-order chi connectivity index (χ0) is 16.9. The fourth-order valence-corrected chi connectivity index (χ4v) is 2.54. The summed E-state index contributed by atoms with van der Waals surface area (Å²) in [5.41, 5.74) is 10.4. The summed E-state index contributed by atoms with van der Waals surface area (Å²) in [7, 11) is 0. The highest BCUT2D eigenvalue weighted by Crippen LogP contribution is 2.35. The molecule has 4 heteroatoms. The van der Waals surface area contributed by atoms with Gasteiger partial charge in [0.05, 0.1) is 0 Å². The molecule has 0 aliphatic carbocycles. The lowest BCUT2D eigenvalue weighted by molar-refractivity contribution is -0.114. The summed E-state index contributed by atoms with van der Waals surface area (Å²) in [6, 6.07) is 25.6. The average molecular weight is 317 g/mol. The Morgan fingerprint density at radius 2 is 1.29 bits per heavy atom. The first kappa shape index (κ1) is 15.6. The van der Waals surface area contributed by atoms with Gasteiger partial charge in [-0.2, -0.15) is 0 Å². The van der Waals surface area contributed by atoms with Gasteiger partial charge in [0.25, 0.3) is 0 Å². The summed E-state index contributed by atoms with van der Waals surface area (Å²) in [5.74, 6) is -0.0822. The summed E-state index contributed by atoms with van der Waals surface area (Å²) in [4.78, 5) is 13.3. The Morgan fingerprint density at radius 1 is 0.792 bits per heavy atom. The quantitative estimate of drug-likeness (QED) is 0.686. The largest absolute Gasteiger partial charge is 0.399 e. The van der Waals surface area contributed by atoms with E-state index in [-0.39, 0.29) is 5.91 Å². The first-order valence-electron chi connectivity index (χ1n) is 7.72. The van der Waals surface area contributed by atoms with Gasteiger partial charge in [-0.1, -0.05) is 18.2 Å². The van der Waals surface area contributed by atoms with E-state index in [1.165, 1.54) is 6.92 Å². The number of amides is 1. The van der Waals surface area contributed by atoms with Crippen LogP contribution in [0.4, 0.5) is 28.4 Å². The van der Waals surface area contributed by atoms with Crippen molar-refractivity contribution < 1.29 is 4.79 Å². The minimum atomic E-state index is -0.0822. The number of rotatable bonds is 4. The molecule has 4 nitrogen and oxygen atoms in total. The molecule has 0 spiro atoms. The van der Waals surface area contributed by atoms with Crippen molar-refractivity contribution in [2.24, 2.45) is 0 Å². The van der Waals surface area contributed by atoms with Gasteiger partial charge in [0.2, 0.25) is 5.91 Å². The molecule has 0 bridgehead atoms. The second-order valence-electron chi connectivity index (χ2n) is 5.49. The van der Waals surface area contributed by atoms with E-state index in [0.29, 0.717) is 0 Å². The molecule has 3 N–H and O–H groups in total. The number of nitrogens with two attached hydrogens (primary N) is 1. The standard InChI is InChI=1S/C20H19N3O/c1-15(24)22-17-9-13-20(14-10-17)23(18-5-3-2-4-6-18)19-11-7-16(21)8-12-19/h2-14H,21H2,1H3,(H,22,24). The number of benzene rings is 3. The van der Waals surface area contributed by atoms with Crippen molar-refractivity contribution in [3.05, 3.63) is 78.9 Å². The second kappa shape index (κ2) is 6.87. The zero-order valence-corrected chi connectivity index (χ0v) is 13.4. The molecule has 0 saturated carbocycles. The van der Waals surface area contributed by atoms with Crippen LogP contribution in [0.2, 0.25) is 0 Å². The molecule has 1 amide bonds. The molecular formula is C20H19N3O. The number of hydrogen-bond acceptors (Lipinski definition) is 3. The van der Waals surface area contributed by atoms with Gasteiger partial charge in [0.15, 0.2) is 0 Å². The van der Waals surface area contributed by atoms with Crippen molar-refractivity contribution in [1.82, 2.24) is 0 Å². The Bertz CT molecular complexity index is 812. The number of hydrogen-bond donors (Lipinski definition) is 2. The molecule has 24 heavy (non-hydrogen) atoms. The first-order chi connectivity index (χ1) is 11.6. The molecule has 0 aliphatic rings. The molecule has 0 aliphatic heterocycles. The molecule has 3 rings (SSSR count). The van der Waals surface area contributed by atoms with Gasteiger partial charge < -0.3 is 16.0 Å². The van der Waals surface area contributed by atoms with Crippen LogP contribution in [0, 0.1) is 0 Å². The summed E-state index contributed by atoms with van der Waals surface area (Å²) in [6.07, 6.45) is 0. The van der Waals surface area contributed by atoms with Gasteiger partial charge in [0.1, 0.15) is 0 Å². The monoisotopic (exact) mass is 317 g/mol. The third kappa shape index (κ3) is 3.55. The van der Waals surface area contributed by atoms with E-state index >= 15 is 0 Å². The Labute approximate surface area is 141 Å². The van der Waals surface area contributed by atoms with Crippen molar-refractivity contribution in [3.63, 3.8) is 0 Å². The minimum Gasteiger partial charge on any atom is -0.399 e. The molecule has 3 aromatic rings. The molecule has 0 radical (unpaired) electrons. The molecular weight excluding hydrogens is 298 g/mol. The molecule has 0 saturated heterocycles. The van der Waals surface area contributed by atoms with Crippen molar-refractivity contribution in [2.45, 2.75) is 6.92 Å². The van der Waals surface area contributed by atoms with Crippen molar-refractivity contribution in [3.8, 4) is 0 Å². The Kier molecular flexibility index (Phi) is 4.47. The number of nitrogen functional groups attached to an aromatic ring is 1. The van der Waals surface area contributed by atoms with Crippen LogP contribution in [0.5, 0.6) is 0 Å². The summed E-state index contributed by atoms with van der Waals surface area (Å²) >= 11 is 0.